The zero-order valence-corrected chi connectivity index (χ0v) is 17.3. The summed E-state index contributed by atoms with van der Waals surface area (Å²) in [4.78, 5) is 8.25. The monoisotopic (exact) mass is 398 g/mol. The van der Waals surface area contributed by atoms with Gasteiger partial charge in [0.05, 0.1) is 23.2 Å². The number of nitrogens with one attached hydrogen (secondary N) is 4. The summed E-state index contributed by atoms with van der Waals surface area (Å²) in [5.74, 6) is 0.179. The summed E-state index contributed by atoms with van der Waals surface area (Å²) in [5, 5.41) is 27.3. The summed E-state index contributed by atoms with van der Waals surface area (Å²) >= 11 is 0. The molecule has 0 amide bonds. The van der Waals surface area contributed by atoms with E-state index in [0.717, 1.165) is 19.1 Å². The van der Waals surface area contributed by atoms with Gasteiger partial charge in [-0.25, -0.2) is 9.97 Å². The molecule has 1 aromatic heterocycles. The van der Waals surface area contributed by atoms with Gasteiger partial charge >= 0.3 is 0 Å². The topological polar surface area (TPSA) is 171 Å². The van der Waals surface area contributed by atoms with Crippen molar-refractivity contribution in [2.24, 2.45) is 5.73 Å². The van der Waals surface area contributed by atoms with Gasteiger partial charge in [0.1, 0.15) is 11.8 Å². The van der Waals surface area contributed by atoms with Crippen LogP contribution in [-0.4, -0.2) is 45.0 Å². The van der Waals surface area contributed by atoms with E-state index < -0.39 is 0 Å². The van der Waals surface area contributed by atoms with E-state index in [1.165, 1.54) is 24.5 Å². The van der Waals surface area contributed by atoms with E-state index in [4.69, 9.17) is 32.4 Å². The molecule has 0 saturated carbocycles. The van der Waals surface area contributed by atoms with Gasteiger partial charge in [-0.3, -0.25) is 10.8 Å². The third-order valence-corrected chi connectivity index (χ3v) is 4.51. The Labute approximate surface area is 171 Å². The van der Waals surface area contributed by atoms with Crippen LogP contribution in [0.15, 0.2) is 24.5 Å². The highest BCUT2D eigenvalue weighted by Gasteiger charge is 2.38. The first-order valence-electron chi connectivity index (χ1n) is 9.33. The number of rotatable bonds is 6. The molecule has 0 bridgehead atoms. The molecule has 156 valence electrons. The lowest BCUT2D eigenvalue weighted by Crippen LogP contribution is -2.59. The highest BCUT2D eigenvalue weighted by atomic mass is 16.5. The first kappa shape index (κ1) is 22.2. The maximum absolute atomic E-state index is 8.23. The smallest absolute Gasteiger partial charge is 0.206 e. The predicted octanol–water partition coefficient (Wildman–Crippen LogP) is 2.24. The molecule has 9 nitrogen and oxygen atoms in total. The lowest BCUT2D eigenvalue weighted by molar-refractivity contribution is 0.0485. The van der Waals surface area contributed by atoms with Crippen molar-refractivity contribution >= 4 is 29.1 Å². The Morgan fingerprint density at radius 2 is 1.83 bits per heavy atom. The quantitative estimate of drug-likeness (QED) is 0.317. The van der Waals surface area contributed by atoms with Crippen molar-refractivity contribution < 1.29 is 4.74 Å². The molecule has 8 N–H and O–H groups in total. The Bertz CT molecular complexity index is 853. The van der Waals surface area contributed by atoms with E-state index in [0.29, 0.717) is 5.57 Å². The van der Waals surface area contributed by atoms with Crippen molar-refractivity contribution in [1.82, 2.24) is 15.3 Å². The standard InChI is InChI=1S/C20H30N8O/c1-19(2)7-13(8-20(3,4)28-19)29-16(25)6-5-14(23)17-15(24)11-26-18(27-17)12(9-21)10-22/h5-6,9-11,13,21,23,25,28H,7-8,22,24H2,1-4H3/b6-5-,12-10+,21-9?,23-14?,25-16?. The molecule has 1 aromatic rings. The van der Waals surface area contributed by atoms with E-state index in [9.17, 15) is 0 Å². The minimum absolute atomic E-state index is 0.00632. The van der Waals surface area contributed by atoms with Crippen LogP contribution in [0, 0.1) is 16.2 Å². The van der Waals surface area contributed by atoms with Crippen LogP contribution in [0.5, 0.6) is 0 Å². The second-order valence-corrected chi connectivity index (χ2v) is 8.42. The van der Waals surface area contributed by atoms with E-state index in [-0.39, 0.29) is 46.0 Å². The number of hydrogen-bond acceptors (Lipinski definition) is 9. The Hall–Kier alpha value is -3.07. The molecule has 2 rings (SSSR count). The van der Waals surface area contributed by atoms with Crippen LogP contribution < -0.4 is 16.8 Å². The van der Waals surface area contributed by atoms with Gasteiger partial charge in [-0.05, 0) is 33.8 Å². The van der Waals surface area contributed by atoms with Crippen LogP contribution in [0.4, 0.5) is 5.69 Å². The number of ether oxygens (including phenoxy) is 1. The first-order chi connectivity index (χ1) is 13.5. The van der Waals surface area contributed by atoms with Crippen molar-refractivity contribution in [3.05, 3.63) is 36.1 Å². The summed E-state index contributed by atoms with van der Waals surface area (Å²) in [6.07, 6.45) is 7.92. The molecule has 0 spiro atoms. The number of nitrogens with zero attached hydrogens (tertiary/aromatic N) is 2. The average Bonchev–Trinajstić information content (AvgIpc) is 2.59. The number of nitrogen functional groups attached to an aromatic ring is 1. The molecule has 0 aliphatic carbocycles. The molecule has 1 saturated heterocycles. The van der Waals surface area contributed by atoms with Crippen LogP contribution >= 0.6 is 0 Å². The fourth-order valence-electron chi connectivity index (χ4n) is 3.70. The van der Waals surface area contributed by atoms with Gasteiger partial charge in [0.2, 0.25) is 5.90 Å². The van der Waals surface area contributed by atoms with E-state index in [1.54, 1.807) is 0 Å². The number of allylic oxidation sites excluding steroid dienone is 2. The van der Waals surface area contributed by atoms with Crippen molar-refractivity contribution in [1.29, 1.82) is 16.2 Å². The molecule has 1 fully saturated rings. The number of hydrogen-bond donors (Lipinski definition) is 6. The largest absolute Gasteiger partial charge is 0.475 e. The fourth-order valence-corrected chi connectivity index (χ4v) is 3.70. The molecule has 29 heavy (non-hydrogen) atoms. The molecule has 2 heterocycles. The van der Waals surface area contributed by atoms with Crippen LogP contribution in [-0.2, 0) is 4.74 Å². The summed E-state index contributed by atoms with van der Waals surface area (Å²) < 4.78 is 5.82. The molecule has 0 radical (unpaired) electrons. The Morgan fingerprint density at radius 1 is 1.21 bits per heavy atom. The molecule has 1 aliphatic heterocycles. The van der Waals surface area contributed by atoms with Gasteiger partial charge in [-0.1, -0.05) is 0 Å². The van der Waals surface area contributed by atoms with Crippen molar-refractivity contribution in [3.63, 3.8) is 0 Å². The number of anilines is 1. The maximum atomic E-state index is 8.23. The highest BCUT2D eigenvalue weighted by molar-refractivity contribution is 6.11. The summed E-state index contributed by atoms with van der Waals surface area (Å²) in [5.41, 5.74) is 11.9. The highest BCUT2D eigenvalue weighted by Crippen LogP contribution is 2.30. The molecular formula is C20H30N8O. The minimum atomic E-state index is -0.0897. The van der Waals surface area contributed by atoms with Gasteiger partial charge in [-0.15, -0.1) is 0 Å². The van der Waals surface area contributed by atoms with E-state index >= 15 is 0 Å². The second kappa shape index (κ2) is 8.52. The zero-order valence-electron chi connectivity index (χ0n) is 17.3. The van der Waals surface area contributed by atoms with Crippen LogP contribution in [0.25, 0.3) is 5.57 Å². The van der Waals surface area contributed by atoms with Gasteiger partial charge < -0.3 is 26.9 Å². The Kier molecular flexibility index (Phi) is 6.53. The number of nitrogens with two attached hydrogens (primary N) is 2. The Morgan fingerprint density at radius 3 is 2.38 bits per heavy atom. The normalized spacial score (nSPS) is 19.1. The average molecular weight is 399 g/mol. The summed E-state index contributed by atoms with van der Waals surface area (Å²) in [6, 6.07) is 0. The minimum Gasteiger partial charge on any atom is -0.475 e. The SMILES string of the molecule is CC1(C)CC(OC(=N)/C=C\C(=N)c2nc(/C(C=N)=C/N)ncc2N)CC(C)(C)N1. The molecule has 9 heteroatoms. The number of piperidine rings is 1. The molecule has 0 aromatic carbocycles. The summed E-state index contributed by atoms with van der Waals surface area (Å²) in [6.45, 7) is 8.47. The van der Waals surface area contributed by atoms with Gasteiger partial charge in [0.25, 0.3) is 0 Å². The maximum Gasteiger partial charge on any atom is 0.206 e. The van der Waals surface area contributed by atoms with Gasteiger partial charge in [0, 0.05) is 42.4 Å². The van der Waals surface area contributed by atoms with Crippen molar-refractivity contribution in [3.8, 4) is 0 Å². The molecule has 1 aliphatic rings. The molecular weight excluding hydrogens is 368 g/mol. The fraction of sp³-hybridized carbons (Fsp3) is 0.450. The van der Waals surface area contributed by atoms with Gasteiger partial charge in [0.15, 0.2) is 5.82 Å². The van der Waals surface area contributed by atoms with Crippen molar-refractivity contribution in [2.45, 2.75) is 57.7 Å². The third-order valence-electron chi connectivity index (χ3n) is 4.51. The zero-order chi connectivity index (χ0) is 21.8. The lowest BCUT2D eigenvalue weighted by atomic mass is 9.81. The predicted molar refractivity (Wildman–Crippen MR) is 116 cm³/mol. The Balaban J connectivity index is 2.10. The van der Waals surface area contributed by atoms with E-state index in [2.05, 4.69) is 43.0 Å². The van der Waals surface area contributed by atoms with Gasteiger partial charge in [-0.2, -0.15) is 0 Å². The van der Waals surface area contributed by atoms with Crippen LogP contribution in [0.3, 0.4) is 0 Å². The van der Waals surface area contributed by atoms with E-state index in [1.807, 2.05) is 0 Å². The summed E-state index contributed by atoms with van der Waals surface area (Å²) in [7, 11) is 0. The second-order valence-electron chi connectivity index (χ2n) is 8.42. The molecule has 0 atom stereocenters. The van der Waals surface area contributed by atoms with Crippen LogP contribution in [0.1, 0.15) is 52.1 Å². The van der Waals surface area contributed by atoms with Crippen LogP contribution in [0.2, 0.25) is 0 Å². The lowest BCUT2D eigenvalue weighted by Gasteiger charge is -2.46. The number of aromatic nitrogens is 2. The third kappa shape index (κ3) is 5.95. The first-order valence-corrected chi connectivity index (χ1v) is 9.33. The molecule has 0 unspecified atom stereocenters. The van der Waals surface area contributed by atoms with Crippen molar-refractivity contribution in [2.75, 3.05) is 5.73 Å².